The quantitative estimate of drug-likeness (QED) is 0.293. The van der Waals surface area contributed by atoms with Gasteiger partial charge in [-0.05, 0) is 38.0 Å². The van der Waals surface area contributed by atoms with E-state index in [4.69, 9.17) is 10.2 Å². The van der Waals surface area contributed by atoms with Gasteiger partial charge in [0.25, 0.3) is 0 Å². The van der Waals surface area contributed by atoms with Gasteiger partial charge in [-0.2, -0.15) is 0 Å². The van der Waals surface area contributed by atoms with Gasteiger partial charge in [0.1, 0.15) is 0 Å². The minimum atomic E-state index is -0.725. The smallest absolute Gasteiger partial charge is 0.303 e. The van der Waals surface area contributed by atoms with Crippen LogP contribution in [0.1, 0.15) is 90.4 Å². The maximum absolute atomic E-state index is 10.9. The maximum Gasteiger partial charge on any atom is 0.303 e. The van der Waals surface area contributed by atoms with Crippen LogP contribution in [0.4, 0.5) is 0 Å². The van der Waals surface area contributed by atoms with E-state index in [9.17, 15) is 9.59 Å². The highest BCUT2D eigenvalue weighted by atomic mass is 16.4. The van der Waals surface area contributed by atoms with Crippen LogP contribution in [0.3, 0.4) is 0 Å². The fraction of sp³-hybridized carbons (Fsp3) is 0.789. The lowest BCUT2D eigenvalue weighted by Gasteiger charge is -2.12. The first kappa shape index (κ1) is 21.7. The highest BCUT2D eigenvalue weighted by molar-refractivity contribution is 5.67. The van der Waals surface area contributed by atoms with E-state index in [1.54, 1.807) is 0 Å². The monoisotopic (exact) mass is 326 g/mol. The Morgan fingerprint density at radius 3 is 2.22 bits per heavy atom. The molecule has 0 rings (SSSR count). The second kappa shape index (κ2) is 15.6. The number of rotatable bonds is 16. The van der Waals surface area contributed by atoms with Crippen molar-refractivity contribution in [1.29, 1.82) is 0 Å². The molecule has 0 amide bonds. The van der Waals surface area contributed by atoms with Crippen molar-refractivity contribution in [2.24, 2.45) is 5.92 Å². The number of carbonyl (C=O) groups is 2. The molecule has 134 valence electrons. The molecule has 0 spiro atoms. The molecule has 0 aromatic rings. The maximum atomic E-state index is 10.9. The minimum Gasteiger partial charge on any atom is -0.481 e. The molecule has 0 fully saturated rings. The van der Waals surface area contributed by atoms with Crippen LogP contribution in [0.25, 0.3) is 0 Å². The van der Waals surface area contributed by atoms with Crippen molar-refractivity contribution in [3.63, 3.8) is 0 Å². The zero-order valence-corrected chi connectivity index (χ0v) is 14.6. The fourth-order valence-corrected chi connectivity index (χ4v) is 2.71. The SMILES string of the molecule is CCCCCC=CCC(CCCCCCCC(=O)O)CC(=O)O. The molecule has 23 heavy (non-hydrogen) atoms. The Labute approximate surface area is 141 Å². The van der Waals surface area contributed by atoms with E-state index in [0.29, 0.717) is 0 Å². The van der Waals surface area contributed by atoms with Crippen LogP contribution < -0.4 is 0 Å². The second-order valence-corrected chi connectivity index (χ2v) is 6.37. The van der Waals surface area contributed by atoms with Crippen molar-refractivity contribution < 1.29 is 19.8 Å². The molecule has 1 atom stereocenters. The molecular weight excluding hydrogens is 292 g/mol. The fourth-order valence-electron chi connectivity index (χ4n) is 2.71. The normalized spacial score (nSPS) is 12.6. The summed E-state index contributed by atoms with van der Waals surface area (Å²) in [6.07, 6.45) is 16.3. The van der Waals surface area contributed by atoms with Crippen molar-refractivity contribution in [1.82, 2.24) is 0 Å². The zero-order valence-electron chi connectivity index (χ0n) is 14.6. The number of carboxylic acid groups (broad SMARTS) is 2. The van der Waals surface area contributed by atoms with Gasteiger partial charge in [0.15, 0.2) is 0 Å². The summed E-state index contributed by atoms with van der Waals surface area (Å²) in [5.41, 5.74) is 0. The highest BCUT2D eigenvalue weighted by Crippen LogP contribution is 2.19. The van der Waals surface area contributed by atoms with Crippen LogP contribution in [-0.2, 0) is 9.59 Å². The second-order valence-electron chi connectivity index (χ2n) is 6.37. The first-order valence-electron chi connectivity index (χ1n) is 9.14. The molecule has 1 unspecified atom stereocenters. The summed E-state index contributed by atoms with van der Waals surface area (Å²) in [5.74, 6) is -1.21. The molecule has 4 nitrogen and oxygen atoms in total. The number of allylic oxidation sites excluding steroid dienone is 2. The Morgan fingerprint density at radius 1 is 0.870 bits per heavy atom. The van der Waals surface area contributed by atoms with Crippen molar-refractivity contribution >= 4 is 11.9 Å². The Hall–Kier alpha value is -1.32. The molecule has 4 heteroatoms. The van der Waals surface area contributed by atoms with Gasteiger partial charge in [-0.15, -0.1) is 0 Å². The average Bonchev–Trinajstić information content (AvgIpc) is 2.48. The predicted molar refractivity (Wildman–Crippen MR) is 93.6 cm³/mol. The van der Waals surface area contributed by atoms with Crippen molar-refractivity contribution in [2.45, 2.75) is 90.4 Å². The van der Waals surface area contributed by atoms with Crippen molar-refractivity contribution in [3.8, 4) is 0 Å². The molecule has 0 radical (unpaired) electrons. The summed E-state index contributed by atoms with van der Waals surface area (Å²) >= 11 is 0. The third-order valence-electron chi connectivity index (χ3n) is 4.08. The van der Waals surface area contributed by atoms with Gasteiger partial charge in [-0.3, -0.25) is 9.59 Å². The highest BCUT2D eigenvalue weighted by Gasteiger charge is 2.11. The van der Waals surface area contributed by atoms with Crippen LogP contribution in [0.2, 0.25) is 0 Å². The van der Waals surface area contributed by atoms with E-state index >= 15 is 0 Å². The van der Waals surface area contributed by atoms with Crippen LogP contribution in [0.15, 0.2) is 12.2 Å². The topological polar surface area (TPSA) is 74.6 Å². The average molecular weight is 326 g/mol. The molecular formula is C19H34O4. The summed E-state index contributed by atoms with van der Waals surface area (Å²) in [4.78, 5) is 21.3. The molecule has 0 aliphatic rings. The first-order valence-corrected chi connectivity index (χ1v) is 9.14. The molecule has 0 saturated heterocycles. The van der Waals surface area contributed by atoms with Gasteiger partial charge in [-0.1, -0.05) is 57.6 Å². The molecule has 0 heterocycles. The summed E-state index contributed by atoms with van der Waals surface area (Å²) in [6.45, 7) is 2.19. The standard InChI is InChI=1S/C19H34O4/c1-2-3-4-5-7-10-13-17(16-19(22)23)14-11-8-6-9-12-15-18(20)21/h7,10,17H,2-6,8-9,11-16H2,1H3,(H,20,21)(H,22,23). The summed E-state index contributed by atoms with van der Waals surface area (Å²) in [5, 5.41) is 17.6. The molecule has 0 aliphatic heterocycles. The van der Waals surface area contributed by atoms with Gasteiger partial charge in [0.2, 0.25) is 0 Å². The molecule has 0 aromatic carbocycles. The van der Waals surface area contributed by atoms with Gasteiger partial charge < -0.3 is 10.2 Å². The zero-order chi connectivity index (χ0) is 17.3. The van der Waals surface area contributed by atoms with Gasteiger partial charge in [0.05, 0.1) is 0 Å². The lowest BCUT2D eigenvalue weighted by molar-refractivity contribution is -0.138. The van der Waals surface area contributed by atoms with Crippen LogP contribution in [0, 0.1) is 5.92 Å². The van der Waals surface area contributed by atoms with E-state index in [-0.39, 0.29) is 18.8 Å². The molecule has 0 aliphatic carbocycles. The number of carboxylic acids is 2. The Kier molecular flexibility index (Phi) is 14.7. The minimum absolute atomic E-state index is 0.231. The molecule has 0 bridgehead atoms. The summed E-state index contributed by atoms with van der Waals surface area (Å²) in [7, 11) is 0. The summed E-state index contributed by atoms with van der Waals surface area (Å²) in [6, 6.07) is 0. The van der Waals surface area contributed by atoms with Gasteiger partial charge in [0, 0.05) is 12.8 Å². The van der Waals surface area contributed by atoms with E-state index in [0.717, 1.165) is 51.4 Å². The van der Waals surface area contributed by atoms with Gasteiger partial charge >= 0.3 is 11.9 Å². The van der Waals surface area contributed by atoms with Crippen LogP contribution >= 0.6 is 0 Å². The van der Waals surface area contributed by atoms with Crippen molar-refractivity contribution in [3.05, 3.63) is 12.2 Å². The largest absolute Gasteiger partial charge is 0.481 e. The van der Waals surface area contributed by atoms with E-state index in [1.165, 1.54) is 19.3 Å². The number of hydrogen-bond acceptors (Lipinski definition) is 2. The van der Waals surface area contributed by atoms with Crippen LogP contribution in [0.5, 0.6) is 0 Å². The lowest BCUT2D eigenvalue weighted by Crippen LogP contribution is -2.07. The molecule has 2 N–H and O–H groups in total. The van der Waals surface area contributed by atoms with E-state index in [2.05, 4.69) is 19.1 Å². The number of hydrogen-bond donors (Lipinski definition) is 2. The predicted octanol–water partition coefficient (Wildman–Crippen LogP) is 5.42. The van der Waals surface area contributed by atoms with Crippen molar-refractivity contribution in [2.75, 3.05) is 0 Å². The molecule has 0 aromatic heterocycles. The third-order valence-corrected chi connectivity index (χ3v) is 4.08. The van der Waals surface area contributed by atoms with E-state index < -0.39 is 11.9 Å². The lowest BCUT2D eigenvalue weighted by atomic mass is 9.93. The van der Waals surface area contributed by atoms with Crippen LogP contribution in [-0.4, -0.2) is 22.2 Å². The number of aliphatic carboxylic acids is 2. The number of unbranched alkanes of at least 4 members (excludes halogenated alkanes) is 7. The molecule has 0 saturated carbocycles. The third kappa shape index (κ3) is 16.9. The Morgan fingerprint density at radius 2 is 1.57 bits per heavy atom. The Balaban J connectivity index is 3.78. The first-order chi connectivity index (χ1) is 11.1. The Bertz CT molecular complexity index is 336. The van der Waals surface area contributed by atoms with Gasteiger partial charge in [-0.25, -0.2) is 0 Å². The van der Waals surface area contributed by atoms with E-state index in [1.807, 2.05) is 0 Å². The summed E-state index contributed by atoms with van der Waals surface area (Å²) < 4.78 is 0.